The van der Waals surface area contributed by atoms with Crippen LogP contribution in [0.5, 0.6) is 5.75 Å². The van der Waals surface area contributed by atoms with Gasteiger partial charge in [-0.1, -0.05) is 29.8 Å². The van der Waals surface area contributed by atoms with Crippen LogP contribution < -0.4 is 20.9 Å². The average Bonchev–Trinajstić information content (AvgIpc) is 2.92. The molecular formula is C30H33ClN4O3. The second kappa shape index (κ2) is 12.0. The molecule has 0 atom stereocenters. The Hall–Kier alpha value is -3.42. The number of nitrogens with zero attached hydrogens (tertiary/aromatic N) is 2. The first-order chi connectivity index (χ1) is 18.4. The molecule has 8 heteroatoms. The lowest BCUT2D eigenvalue weighted by Crippen LogP contribution is -2.41. The van der Waals surface area contributed by atoms with Crippen LogP contribution in [0.25, 0.3) is 11.8 Å². The quantitative estimate of drug-likeness (QED) is 0.428. The number of aromatic nitrogens is 2. The number of ether oxygens (including phenoxy) is 1. The number of fused-ring (bicyclic) bond motifs is 1. The maximum atomic E-state index is 12.8. The number of aryl methyl sites for hydroxylation is 1. The van der Waals surface area contributed by atoms with Crippen molar-refractivity contribution in [3.8, 4) is 5.75 Å². The van der Waals surface area contributed by atoms with E-state index in [0.717, 1.165) is 62.0 Å². The normalized spacial score (nSPS) is 18.8. The fourth-order valence-corrected chi connectivity index (χ4v) is 5.37. The molecule has 38 heavy (non-hydrogen) atoms. The Balaban J connectivity index is 1.17. The van der Waals surface area contributed by atoms with Crippen LogP contribution in [-0.2, 0) is 24.4 Å². The molecule has 1 amide bonds. The lowest BCUT2D eigenvalue weighted by atomic mass is 9.90. The van der Waals surface area contributed by atoms with E-state index in [1.54, 1.807) is 36.0 Å². The molecule has 1 aromatic carbocycles. The summed E-state index contributed by atoms with van der Waals surface area (Å²) in [7, 11) is 0. The van der Waals surface area contributed by atoms with Crippen LogP contribution in [0.1, 0.15) is 61.4 Å². The van der Waals surface area contributed by atoms with Gasteiger partial charge >= 0.3 is 0 Å². The lowest BCUT2D eigenvalue weighted by molar-refractivity contribution is -0.119. The standard InChI is InChI=1S/C30H33ClN4O3/c1-20(36)34-26-9-7-25(8-10-26)32-17-21-2-3-23-15-28(11-4-22(23)14-21)35-13-12-29(16-30(35)37)38-19-27-6-5-24(31)18-33-27/h2-3,5-6,12-16,18,25-26,32H,4,7-11,17,19H2,1H3,(H,34,36). The number of nitrogens with one attached hydrogen (secondary N) is 2. The summed E-state index contributed by atoms with van der Waals surface area (Å²) in [6.45, 7) is 2.70. The summed E-state index contributed by atoms with van der Waals surface area (Å²) >= 11 is 5.87. The molecule has 3 aromatic rings. The molecule has 2 N–H and O–H groups in total. The molecule has 1 saturated carbocycles. The van der Waals surface area contributed by atoms with Crippen LogP contribution in [-0.4, -0.2) is 27.5 Å². The zero-order chi connectivity index (χ0) is 26.5. The summed E-state index contributed by atoms with van der Waals surface area (Å²) in [5.74, 6) is 0.576. The van der Waals surface area contributed by atoms with E-state index in [9.17, 15) is 9.59 Å². The number of hydrogen-bond acceptors (Lipinski definition) is 5. The molecule has 2 heterocycles. The third-order valence-electron chi connectivity index (χ3n) is 7.29. The van der Waals surface area contributed by atoms with Crippen LogP contribution in [0.2, 0.25) is 5.02 Å². The van der Waals surface area contributed by atoms with E-state index in [0.29, 0.717) is 22.9 Å². The number of allylic oxidation sites excluding steroid dienone is 1. The molecule has 2 aliphatic carbocycles. The Kier molecular flexibility index (Phi) is 8.25. The topological polar surface area (TPSA) is 85.2 Å². The van der Waals surface area contributed by atoms with E-state index in [1.807, 2.05) is 6.07 Å². The Bertz CT molecular complexity index is 1370. The predicted octanol–water partition coefficient (Wildman–Crippen LogP) is 4.96. The van der Waals surface area contributed by atoms with Crippen LogP contribution >= 0.6 is 11.6 Å². The summed E-state index contributed by atoms with van der Waals surface area (Å²) in [5, 5.41) is 7.31. The highest BCUT2D eigenvalue weighted by molar-refractivity contribution is 6.30. The van der Waals surface area contributed by atoms with E-state index in [-0.39, 0.29) is 18.1 Å². The summed E-state index contributed by atoms with van der Waals surface area (Å²) in [6, 6.07) is 14.3. The SMILES string of the molecule is CC(=O)NC1CCC(NCc2ccc3c(c2)CCC(n2ccc(OCc4ccc(Cl)cn4)cc2=O)=C3)CC1. The van der Waals surface area contributed by atoms with Crippen LogP contribution in [0.3, 0.4) is 0 Å². The molecule has 5 rings (SSSR count). The number of hydrogen-bond donors (Lipinski definition) is 2. The van der Waals surface area contributed by atoms with Crippen molar-refractivity contribution < 1.29 is 9.53 Å². The number of rotatable bonds is 8. The first-order valence-corrected chi connectivity index (χ1v) is 13.6. The summed E-state index contributed by atoms with van der Waals surface area (Å²) in [6.07, 6.45) is 11.4. The number of carbonyl (C=O) groups is 1. The summed E-state index contributed by atoms with van der Waals surface area (Å²) in [4.78, 5) is 28.3. The number of benzene rings is 1. The van der Waals surface area contributed by atoms with Crippen molar-refractivity contribution in [2.45, 2.75) is 70.7 Å². The van der Waals surface area contributed by atoms with Gasteiger partial charge in [0.25, 0.3) is 5.56 Å². The van der Waals surface area contributed by atoms with Gasteiger partial charge < -0.3 is 15.4 Å². The van der Waals surface area contributed by atoms with E-state index >= 15 is 0 Å². The average molecular weight is 533 g/mol. The van der Waals surface area contributed by atoms with Gasteiger partial charge in [0.1, 0.15) is 12.4 Å². The second-order valence-electron chi connectivity index (χ2n) is 10.1. The van der Waals surface area contributed by atoms with Gasteiger partial charge in [0, 0.05) is 49.7 Å². The smallest absolute Gasteiger partial charge is 0.258 e. The third-order valence-corrected chi connectivity index (χ3v) is 7.51. The Labute approximate surface area is 227 Å². The largest absolute Gasteiger partial charge is 0.487 e. The molecule has 0 unspecified atom stereocenters. The molecule has 198 valence electrons. The minimum absolute atomic E-state index is 0.0617. The Morgan fingerprint density at radius 3 is 2.63 bits per heavy atom. The zero-order valence-corrected chi connectivity index (χ0v) is 22.3. The van der Waals surface area contributed by atoms with Gasteiger partial charge in [0.05, 0.1) is 10.7 Å². The van der Waals surface area contributed by atoms with Crippen LogP contribution in [0.4, 0.5) is 0 Å². The van der Waals surface area contributed by atoms with Crippen molar-refractivity contribution >= 4 is 29.3 Å². The summed E-state index contributed by atoms with van der Waals surface area (Å²) < 4.78 is 7.45. The second-order valence-corrected chi connectivity index (χ2v) is 10.6. The number of amides is 1. The molecule has 1 fully saturated rings. The van der Waals surface area contributed by atoms with Crippen molar-refractivity contribution in [3.05, 3.63) is 92.6 Å². The van der Waals surface area contributed by atoms with Crippen molar-refractivity contribution in [3.63, 3.8) is 0 Å². The number of pyridine rings is 2. The molecule has 0 radical (unpaired) electrons. The fourth-order valence-electron chi connectivity index (χ4n) is 5.26. The minimum Gasteiger partial charge on any atom is -0.487 e. The van der Waals surface area contributed by atoms with Gasteiger partial charge in [-0.2, -0.15) is 0 Å². The highest BCUT2D eigenvalue weighted by Crippen LogP contribution is 2.28. The number of halogens is 1. The highest BCUT2D eigenvalue weighted by atomic mass is 35.5. The Morgan fingerprint density at radius 2 is 1.89 bits per heavy atom. The molecular weight excluding hydrogens is 500 g/mol. The van der Waals surface area contributed by atoms with Gasteiger partial charge in [0.2, 0.25) is 5.91 Å². The monoisotopic (exact) mass is 532 g/mol. The van der Waals surface area contributed by atoms with Crippen LogP contribution in [0, 0.1) is 0 Å². The summed E-state index contributed by atoms with van der Waals surface area (Å²) in [5.41, 5.74) is 5.36. The first-order valence-electron chi connectivity index (χ1n) is 13.2. The van der Waals surface area contributed by atoms with Crippen molar-refractivity contribution in [2.75, 3.05) is 0 Å². The maximum Gasteiger partial charge on any atom is 0.258 e. The molecule has 0 aliphatic heterocycles. The van der Waals surface area contributed by atoms with Crippen molar-refractivity contribution in [1.82, 2.24) is 20.2 Å². The lowest BCUT2D eigenvalue weighted by Gasteiger charge is -2.29. The Morgan fingerprint density at radius 1 is 1.08 bits per heavy atom. The van der Waals surface area contributed by atoms with Gasteiger partial charge in [-0.25, -0.2) is 0 Å². The van der Waals surface area contributed by atoms with E-state index in [1.165, 1.54) is 17.2 Å². The third kappa shape index (κ3) is 6.71. The van der Waals surface area contributed by atoms with Gasteiger partial charge in [-0.3, -0.25) is 19.1 Å². The van der Waals surface area contributed by atoms with E-state index in [2.05, 4.69) is 39.9 Å². The van der Waals surface area contributed by atoms with Crippen molar-refractivity contribution in [1.29, 1.82) is 0 Å². The number of carbonyl (C=O) groups excluding carboxylic acids is 1. The molecule has 0 saturated heterocycles. The van der Waals surface area contributed by atoms with E-state index in [4.69, 9.17) is 16.3 Å². The molecule has 7 nitrogen and oxygen atoms in total. The first kappa shape index (κ1) is 26.2. The van der Waals surface area contributed by atoms with E-state index < -0.39 is 0 Å². The van der Waals surface area contributed by atoms with Gasteiger partial charge in [-0.15, -0.1) is 0 Å². The molecule has 0 spiro atoms. The van der Waals surface area contributed by atoms with Gasteiger partial charge in [-0.05, 0) is 79.5 Å². The fraction of sp³-hybridized carbons (Fsp3) is 0.367. The van der Waals surface area contributed by atoms with Crippen molar-refractivity contribution in [2.24, 2.45) is 0 Å². The molecule has 2 aromatic heterocycles. The highest BCUT2D eigenvalue weighted by Gasteiger charge is 2.21. The van der Waals surface area contributed by atoms with Gasteiger partial charge in [0.15, 0.2) is 0 Å². The predicted molar refractivity (Wildman–Crippen MR) is 150 cm³/mol. The molecule has 2 aliphatic rings. The molecule has 0 bridgehead atoms. The maximum absolute atomic E-state index is 12.8. The minimum atomic E-state index is -0.115. The van der Waals surface area contributed by atoms with Crippen LogP contribution in [0.15, 0.2) is 59.7 Å². The zero-order valence-electron chi connectivity index (χ0n) is 21.6.